The number of thiocarbonyl (C=S) groups is 1. The van der Waals surface area contributed by atoms with Gasteiger partial charge in [-0.1, -0.05) is 17.7 Å². The van der Waals surface area contributed by atoms with Crippen molar-refractivity contribution in [2.24, 2.45) is 0 Å². The van der Waals surface area contributed by atoms with Crippen LogP contribution in [-0.4, -0.2) is 30.0 Å². The molecule has 2 aliphatic heterocycles. The first-order chi connectivity index (χ1) is 14.8. The lowest BCUT2D eigenvalue weighted by molar-refractivity contribution is -0.122. The summed E-state index contributed by atoms with van der Waals surface area (Å²) in [5, 5.41) is 2.62. The third-order valence-electron chi connectivity index (χ3n) is 5.78. The number of amides is 2. The Morgan fingerprint density at radius 2 is 1.71 bits per heavy atom. The van der Waals surface area contributed by atoms with Crippen LogP contribution in [0.1, 0.15) is 35.1 Å². The third-order valence-corrected chi connectivity index (χ3v) is 6.06. The number of rotatable bonds is 3. The van der Waals surface area contributed by atoms with Crippen LogP contribution in [0.5, 0.6) is 0 Å². The fourth-order valence-electron chi connectivity index (χ4n) is 4.13. The highest BCUT2D eigenvalue weighted by Gasteiger charge is 2.35. The van der Waals surface area contributed by atoms with E-state index in [-0.39, 0.29) is 16.5 Å². The molecule has 0 unspecified atom stereocenters. The fourth-order valence-corrected chi connectivity index (χ4v) is 4.40. The van der Waals surface area contributed by atoms with Gasteiger partial charge in [0.05, 0.1) is 11.4 Å². The van der Waals surface area contributed by atoms with Gasteiger partial charge in [-0.05, 0) is 86.8 Å². The van der Waals surface area contributed by atoms with Gasteiger partial charge in [-0.25, -0.2) is 4.39 Å². The number of aryl methyl sites for hydroxylation is 3. The average Bonchev–Trinajstić information content (AvgIpc) is 3.23. The number of benzene rings is 2. The number of carbonyl (C=O) groups is 2. The number of carbonyl (C=O) groups excluding carboxylic acids is 2. The summed E-state index contributed by atoms with van der Waals surface area (Å²) in [4.78, 5) is 29.2. The van der Waals surface area contributed by atoms with Crippen LogP contribution in [0.2, 0.25) is 0 Å². The van der Waals surface area contributed by atoms with Gasteiger partial charge < -0.3 is 4.90 Å². The number of hydrogen-bond acceptors (Lipinski definition) is 4. The Bertz CT molecular complexity index is 1140. The molecule has 0 aliphatic carbocycles. The topological polar surface area (TPSA) is 52.7 Å². The van der Waals surface area contributed by atoms with Gasteiger partial charge in [0.25, 0.3) is 11.8 Å². The van der Waals surface area contributed by atoms with E-state index in [1.165, 1.54) is 17.0 Å². The molecule has 0 saturated carbocycles. The molecule has 0 spiro atoms. The van der Waals surface area contributed by atoms with Crippen molar-refractivity contribution in [3.63, 3.8) is 0 Å². The minimum absolute atomic E-state index is 0.0337. The second kappa shape index (κ2) is 8.23. The zero-order valence-corrected chi connectivity index (χ0v) is 18.6. The molecular weight excluding hydrogens is 413 g/mol. The van der Waals surface area contributed by atoms with E-state index in [0.717, 1.165) is 42.6 Å². The number of anilines is 2. The second-order valence-electron chi connectivity index (χ2n) is 8.10. The molecule has 0 bridgehead atoms. The van der Waals surface area contributed by atoms with Crippen LogP contribution in [0.3, 0.4) is 0 Å². The molecule has 2 fully saturated rings. The highest BCUT2D eigenvalue weighted by atomic mass is 32.1. The van der Waals surface area contributed by atoms with Gasteiger partial charge in [-0.2, -0.15) is 0 Å². The molecule has 160 valence electrons. The number of nitrogens with one attached hydrogen (secondary N) is 1. The SMILES string of the molecule is Cc1ccc(N2C(=O)/C(=C/c3cc(F)c(N4CCCC4)cc3C)C(=O)NC2=S)c(C)c1. The summed E-state index contributed by atoms with van der Waals surface area (Å²) in [5.74, 6) is -1.46. The van der Waals surface area contributed by atoms with Crippen molar-refractivity contribution in [1.82, 2.24) is 5.32 Å². The Morgan fingerprint density at radius 3 is 2.39 bits per heavy atom. The minimum atomic E-state index is -0.584. The molecule has 2 heterocycles. The average molecular weight is 438 g/mol. The molecule has 31 heavy (non-hydrogen) atoms. The lowest BCUT2D eigenvalue weighted by Gasteiger charge is -2.30. The van der Waals surface area contributed by atoms with E-state index in [2.05, 4.69) is 5.32 Å². The highest BCUT2D eigenvalue weighted by Crippen LogP contribution is 2.30. The van der Waals surface area contributed by atoms with Crippen molar-refractivity contribution < 1.29 is 14.0 Å². The van der Waals surface area contributed by atoms with E-state index in [0.29, 0.717) is 16.9 Å². The van der Waals surface area contributed by atoms with Gasteiger partial charge in [-0.3, -0.25) is 19.8 Å². The maximum Gasteiger partial charge on any atom is 0.270 e. The summed E-state index contributed by atoms with van der Waals surface area (Å²) in [6.07, 6.45) is 3.54. The quantitative estimate of drug-likeness (QED) is 0.445. The van der Waals surface area contributed by atoms with Crippen LogP contribution in [0.15, 0.2) is 35.9 Å². The van der Waals surface area contributed by atoms with E-state index in [1.807, 2.05) is 37.8 Å². The monoisotopic (exact) mass is 437 g/mol. The molecule has 2 amide bonds. The number of nitrogens with zero attached hydrogens (tertiary/aromatic N) is 2. The Hall–Kier alpha value is -3.06. The molecular formula is C24H24FN3O2S. The van der Waals surface area contributed by atoms with Gasteiger partial charge in [0.2, 0.25) is 0 Å². The predicted octanol–water partition coefficient (Wildman–Crippen LogP) is 4.18. The molecule has 2 aromatic carbocycles. The van der Waals surface area contributed by atoms with Crippen molar-refractivity contribution in [1.29, 1.82) is 0 Å². The molecule has 2 aromatic rings. The minimum Gasteiger partial charge on any atom is -0.369 e. The van der Waals surface area contributed by atoms with Crippen LogP contribution >= 0.6 is 12.2 Å². The molecule has 2 aliphatic rings. The van der Waals surface area contributed by atoms with Gasteiger partial charge in [-0.15, -0.1) is 0 Å². The molecule has 7 heteroatoms. The number of hydrogen-bond donors (Lipinski definition) is 1. The lowest BCUT2D eigenvalue weighted by atomic mass is 10.0. The summed E-state index contributed by atoms with van der Waals surface area (Å²) in [7, 11) is 0. The molecule has 2 saturated heterocycles. The Labute approximate surface area is 186 Å². The molecule has 0 radical (unpaired) electrons. The van der Waals surface area contributed by atoms with Crippen LogP contribution in [0.25, 0.3) is 6.08 Å². The Balaban J connectivity index is 1.72. The lowest BCUT2D eigenvalue weighted by Crippen LogP contribution is -2.54. The fraction of sp³-hybridized carbons (Fsp3) is 0.292. The molecule has 0 aromatic heterocycles. The van der Waals surface area contributed by atoms with Crippen molar-refractivity contribution in [2.45, 2.75) is 33.6 Å². The molecule has 1 N–H and O–H groups in total. The summed E-state index contributed by atoms with van der Waals surface area (Å²) >= 11 is 5.28. The zero-order valence-electron chi connectivity index (χ0n) is 17.8. The summed E-state index contributed by atoms with van der Waals surface area (Å²) in [5.41, 5.74) is 4.30. The summed E-state index contributed by atoms with van der Waals surface area (Å²) in [6.45, 7) is 7.36. The zero-order chi connectivity index (χ0) is 22.3. The summed E-state index contributed by atoms with van der Waals surface area (Å²) in [6, 6.07) is 8.81. The summed E-state index contributed by atoms with van der Waals surface area (Å²) < 4.78 is 14.8. The Morgan fingerprint density at radius 1 is 1.00 bits per heavy atom. The highest BCUT2D eigenvalue weighted by molar-refractivity contribution is 7.80. The van der Waals surface area contributed by atoms with Crippen molar-refractivity contribution in [3.05, 3.63) is 64.0 Å². The van der Waals surface area contributed by atoms with Gasteiger partial charge >= 0.3 is 0 Å². The first kappa shape index (κ1) is 21.2. The standard InChI is InChI=1S/C24H24FN3O2S/c1-14-6-7-20(16(3)10-14)28-23(30)18(22(29)26-24(28)31)12-17-13-19(25)21(11-15(17)2)27-8-4-5-9-27/h6-7,10-13H,4-5,8-9H2,1-3H3,(H,26,29,31)/b18-12+. The molecule has 4 rings (SSSR count). The first-order valence-corrected chi connectivity index (χ1v) is 10.7. The predicted molar refractivity (Wildman–Crippen MR) is 125 cm³/mol. The van der Waals surface area contributed by atoms with E-state index >= 15 is 0 Å². The molecule has 5 nitrogen and oxygen atoms in total. The van der Waals surface area contributed by atoms with Crippen molar-refractivity contribution in [3.8, 4) is 0 Å². The second-order valence-corrected chi connectivity index (χ2v) is 8.49. The van der Waals surface area contributed by atoms with E-state index < -0.39 is 11.8 Å². The van der Waals surface area contributed by atoms with Gasteiger partial charge in [0, 0.05) is 13.1 Å². The third kappa shape index (κ3) is 3.97. The van der Waals surface area contributed by atoms with Gasteiger partial charge in [0.1, 0.15) is 11.4 Å². The van der Waals surface area contributed by atoms with Crippen molar-refractivity contribution >= 4 is 46.6 Å². The molecule has 0 atom stereocenters. The van der Waals surface area contributed by atoms with Crippen molar-refractivity contribution in [2.75, 3.05) is 22.9 Å². The maximum absolute atomic E-state index is 14.8. The number of halogens is 1. The van der Waals surface area contributed by atoms with Crippen LogP contribution in [-0.2, 0) is 9.59 Å². The maximum atomic E-state index is 14.8. The van der Waals surface area contributed by atoms with E-state index in [4.69, 9.17) is 12.2 Å². The first-order valence-electron chi connectivity index (χ1n) is 10.3. The van der Waals surface area contributed by atoms with Gasteiger partial charge in [0.15, 0.2) is 5.11 Å². The van der Waals surface area contributed by atoms with E-state index in [9.17, 15) is 14.0 Å². The normalized spacial score (nSPS) is 18.2. The van der Waals surface area contributed by atoms with Crippen LogP contribution in [0, 0.1) is 26.6 Å². The largest absolute Gasteiger partial charge is 0.369 e. The Kier molecular flexibility index (Phi) is 5.62. The van der Waals surface area contributed by atoms with E-state index in [1.54, 1.807) is 12.1 Å². The smallest absolute Gasteiger partial charge is 0.270 e. The van der Waals surface area contributed by atoms with Crippen LogP contribution < -0.4 is 15.1 Å². The van der Waals surface area contributed by atoms with Crippen LogP contribution in [0.4, 0.5) is 15.8 Å².